The standard InChI is InChI=1S/C33H33ClN4O/c1-37(22-23-16-18-35-19-17-23)29-12-14-30(15-13-29)38-32(39)20-25-8-11-28(36-27-4-2-3-5-27)21-31(25)33(38)24-6-9-26(34)10-7-24/h6-19,21,27,33,36H,2-5,20,22H2,1H3. The van der Waals surface area contributed by atoms with Gasteiger partial charge in [0.1, 0.15) is 0 Å². The Morgan fingerprint density at radius 1 is 0.949 bits per heavy atom. The van der Waals surface area contributed by atoms with Gasteiger partial charge in [-0.15, -0.1) is 0 Å². The van der Waals surface area contributed by atoms with Gasteiger partial charge in [0.15, 0.2) is 0 Å². The summed E-state index contributed by atoms with van der Waals surface area (Å²) in [5.74, 6) is 0.0943. The number of hydrogen-bond donors (Lipinski definition) is 1. The second kappa shape index (κ2) is 11.1. The highest BCUT2D eigenvalue weighted by atomic mass is 35.5. The minimum absolute atomic E-state index is 0.0943. The Morgan fingerprint density at radius 2 is 1.67 bits per heavy atom. The molecule has 1 amide bonds. The van der Waals surface area contributed by atoms with Crippen molar-refractivity contribution < 1.29 is 4.79 Å². The van der Waals surface area contributed by atoms with E-state index >= 15 is 0 Å². The van der Waals surface area contributed by atoms with Crippen LogP contribution in [0.1, 0.15) is 54.0 Å². The van der Waals surface area contributed by atoms with Crippen molar-refractivity contribution in [2.24, 2.45) is 0 Å². The van der Waals surface area contributed by atoms with Crippen molar-refractivity contribution in [3.05, 3.63) is 119 Å². The minimum atomic E-state index is -0.232. The molecule has 0 spiro atoms. The maximum absolute atomic E-state index is 13.7. The Balaban J connectivity index is 1.34. The van der Waals surface area contributed by atoms with Gasteiger partial charge in [-0.05, 0) is 95.8 Å². The molecule has 1 aliphatic heterocycles. The number of fused-ring (bicyclic) bond motifs is 1. The quantitative estimate of drug-likeness (QED) is 0.267. The second-order valence-corrected chi connectivity index (χ2v) is 11.1. The zero-order valence-corrected chi connectivity index (χ0v) is 22.9. The van der Waals surface area contributed by atoms with Gasteiger partial charge < -0.3 is 15.1 Å². The smallest absolute Gasteiger partial charge is 0.232 e. The number of benzene rings is 3. The van der Waals surface area contributed by atoms with Gasteiger partial charge in [0.05, 0.1) is 12.5 Å². The number of carbonyl (C=O) groups excluding carboxylic acids is 1. The summed E-state index contributed by atoms with van der Waals surface area (Å²) in [4.78, 5) is 22.0. The van der Waals surface area contributed by atoms with Crippen molar-refractivity contribution in [3.8, 4) is 0 Å². The molecule has 0 saturated heterocycles. The van der Waals surface area contributed by atoms with Crippen molar-refractivity contribution >= 4 is 34.6 Å². The third kappa shape index (κ3) is 5.50. The Bertz CT molecular complexity index is 1430. The zero-order valence-electron chi connectivity index (χ0n) is 22.2. The van der Waals surface area contributed by atoms with Crippen LogP contribution in [-0.2, 0) is 17.8 Å². The van der Waals surface area contributed by atoms with E-state index < -0.39 is 0 Å². The topological polar surface area (TPSA) is 48.5 Å². The predicted molar refractivity (Wildman–Crippen MR) is 160 cm³/mol. The summed E-state index contributed by atoms with van der Waals surface area (Å²) in [5.41, 5.74) is 7.60. The summed E-state index contributed by atoms with van der Waals surface area (Å²) in [7, 11) is 2.08. The van der Waals surface area contributed by atoms with E-state index in [9.17, 15) is 4.79 Å². The first-order chi connectivity index (χ1) is 19.0. The van der Waals surface area contributed by atoms with Crippen LogP contribution < -0.4 is 15.1 Å². The van der Waals surface area contributed by atoms with Gasteiger partial charge in [0.25, 0.3) is 0 Å². The summed E-state index contributed by atoms with van der Waals surface area (Å²) < 4.78 is 0. The number of anilines is 3. The molecule has 0 bridgehead atoms. The molecule has 6 rings (SSSR count). The fourth-order valence-corrected chi connectivity index (χ4v) is 6.05. The van der Waals surface area contributed by atoms with Crippen LogP contribution in [0.5, 0.6) is 0 Å². The lowest BCUT2D eigenvalue weighted by Crippen LogP contribution is -2.41. The van der Waals surface area contributed by atoms with Crippen molar-refractivity contribution in [1.29, 1.82) is 0 Å². The molecule has 2 aliphatic rings. The molecule has 1 unspecified atom stereocenters. The molecule has 6 heteroatoms. The van der Waals surface area contributed by atoms with E-state index in [-0.39, 0.29) is 11.9 Å². The number of nitrogens with one attached hydrogen (secondary N) is 1. The van der Waals surface area contributed by atoms with Crippen LogP contribution in [0, 0.1) is 0 Å². The SMILES string of the molecule is CN(Cc1ccncc1)c1ccc(N2C(=O)Cc3ccc(NC4CCCC4)cc3C2c2ccc(Cl)cc2)cc1. The molecule has 1 fully saturated rings. The van der Waals surface area contributed by atoms with Crippen LogP contribution in [0.25, 0.3) is 0 Å². The monoisotopic (exact) mass is 536 g/mol. The van der Waals surface area contributed by atoms with Gasteiger partial charge in [-0.2, -0.15) is 0 Å². The van der Waals surface area contributed by atoms with Crippen molar-refractivity contribution in [3.63, 3.8) is 0 Å². The van der Waals surface area contributed by atoms with Gasteiger partial charge in [0.2, 0.25) is 5.91 Å². The zero-order chi connectivity index (χ0) is 26.8. The maximum Gasteiger partial charge on any atom is 0.232 e. The van der Waals surface area contributed by atoms with Crippen LogP contribution >= 0.6 is 11.6 Å². The number of amides is 1. The number of nitrogens with zero attached hydrogens (tertiary/aromatic N) is 3. The van der Waals surface area contributed by atoms with Gasteiger partial charge in [-0.25, -0.2) is 0 Å². The van der Waals surface area contributed by atoms with E-state index in [1.54, 1.807) is 0 Å². The number of rotatable bonds is 7. The average Bonchev–Trinajstić information content (AvgIpc) is 3.47. The lowest BCUT2D eigenvalue weighted by atomic mass is 9.87. The molecule has 1 saturated carbocycles. The summed E-state index contributed by atoms with van der Waals surface area (Å²) in [6.07, 6.45) is 9.01. The second-order valence-electron chi connectivity index (χ2n) is 10.7. The Kier molecular flexibility index (Phi) is 7.25. The predicted octanol–water partition coefficient (Wildman–Crippen LogP) is 7.40. The van der Waals surface area contributed by atoms with Crippen LogP contribution in [0.4, 0.5) is 17.1 Å². The van der Waals surface area contributed by atoms with Crippen molar-refractivity contribution in [2.75, 3.05) is 22.2 Å². The van der Waals surface area contributed by atoms with Crippen LogP contribution in [0.15, 0.2) is 91.3 Å². The van der Waals surface area contributed by atoms with E-state index in [4.69, 9.17) is 11.6 Å². The number of pyridine rings is 1. The molecular weight excluding hydrogens is 504 g/mol. The summed E-state index contributed by atoms with van der Waals surface area (Å²) in [5, 5.41) is 4.43. The lowest BCUT2D eigenvalue weighted by Gasteiger charge is -2.38. The molecule has 0 radical (unpaired) electrons. The molecule has 5 nitrogen and oxygen atoms in total. The highest BCUT2D eigenvalue weighted by molar-refractivity contribution is 6.30. The fourth-order valence-electron chi connectivity index (χ4n) is 5.93. The molecule has 2 heterocycles. The number of carbonyl (C=O) groups is 1. The highest BCUT2D eigenvalue weighted by Gasteiger charge is 2.35. The highest BCUT2D eigenvalue weighted by Crippen LogP contribution is 2.41. The van der Waals surface area contributed by atoms with E-state index in [1.807, 2.05) is 53.7 Å². The van der Waals surface area contributed by atoms with E-state index in [0.717, 1.165) is 34.7 Å². The molecule has 4 aromatic rings. The van der Waals surface area contributed by atoms with E-state index in [2.05, 4.69) is 64.7 Å². The first-order valence-electron chi connectivity index (χ1n) is 13.7. The maximum atomic E-state index is 13.7. The van der Waals surface area contributed by atoms with Crippen molar-refractivity contribution in [2.45, 2.75) is 50.7 Å². The average molecular weight is 537 g/mol. The Hall–Kier alpha value is -3.83. The molecule has 39 heavy (non-hydrogen) atoms. The first-order valence-corrected chi connectivity index (χ1v) is 14.1. The number of aromatic nitrogens is 1. The van der Waals surface area contributed by atoms with Gasteiger partial charge >= 0.3 is 0 Å². The van der Waals surface area contributed by atoms with Gasteiger partial charge in [0, 0.05) is 54.1 Å². The van der Waals surface area contributed by atoms with Gasteiger partial charge in [-0.3, -0.25) is 9.78 Å². The third-order valence-electron chi connectivity index (χ3n) is 7.96. The Morgan fingerprint density at radius 3 is 2.38 bits per heavy atom. The largest absolute Gasteiger partial charge is 0.382 e. The molecule has 1 aromatic heterocycles. The van der Waals surface area contributed by atoms with Crippen LogP contribution in [0.2, 0.25) is 5.02 Å². The molecule has 1 aliphatic carbocycles. The minimum Gasteiger partial charge on any atom is -0.382 e. The Labute approximate surface area is 235 Å². The van der Waals surface area contributed by atoms with Crippen LogP contribution in [-0.4, -0.2) is 24.0 Å². The van der Waals surface area contributed by atoms with Crippen molar-refractivity contribution in [1.82, 2.24) is 4.98 Å². The first kappa shape index (κ1) is 25.4. The van der Waals surface area contributed by atoms with E-state index in [0.29, 0.717) is 17.5 Å². The number of hydrogen-bond acceptors (Lipinski definition) is 4. The fraction of sp³-hybridized carbons (Fsp3) is 0.273. The summed E-state index contributed by atoms with van der Waals surface area (Å²) >= 11 is 6.26. The summed E-state index contributed by atoms with van der Waals surface area (Å²) in [6.45, 7) is 0.780. The normalized spacial score (nSPS) is 17.2. The molecular formula is C33H33ClN4O. The van der Waals surface area contributed by atoms with Crippen LogP contribution in [0.3, 0.4) is 0 Å². The van der Waals surface area contributed by atoms with E-state index in [1.165, 1.54) is 36.8 Å². The molecule has 1 atom stereocenters. The third-order valence-corrected chi connectivity index (χ3v) is 8.21. The molecule has 3 aromatic carbocycles. The molecule has 1 N–H and O–H groups in total. The van der Waals surface area contributed by atoms with Gasteiger partial charge in [-0.1, -0.05) is 42.6 Å². The summed E-state index contributed by atoms with van der Waals surface area (Å²) in [6, 6.07) is 27.1. The molecule has 198 valence electrons. The lowest BCUT2D eigenvalue weighted by molar-refractivity contribution is -0.118. The number of halogens is 1.